The first-order valence-electron chi connectivity index (χ1n) is 7.01. The standard InChI is InChI=1S/C9H12N2O4.C6H3F2NO2/c1-14-4-5-15-9-6-7(10)2-3-8(9)11(12)13;7-4-1-2-6(9(10)11)5(8)3-4/h2-3,6H,4-5,10H2,1H3;1-3H. The largest absolute Gasteiger partial charge is 0.484 e. The lowest BCUT2D eigenvalue weighted by Gasteiger charge is -2.06. The van der Waals surface area contributed by atoms with E-state index in [0.29, 0.717) is 18.4 Å². The highest BCUT2D eigenvalue weighted by Crippen LogP contribution is 2.28. The minimum absolute atomic E-state index is 0.0969. The molecule has 0 aliphatic heterocycles. The molecule has 0 unspecified atom stereocenters. The number of rotatable bonds is 6. The summed E-state index contributed by atoms with van der Waals surface area (Å²) in [7, 11) is 1.52. The van der Waals surface area contributed by atoms with Crippen molar-refractivity contribution in [3.8, 4) is 5.75 Å². The van der Waals surface area contributed by atoms with Gasteiger partial charge in [-0.25, -0.2) is 4.39 Å². The number of methoxy groups -OCH3 is 1. The molecule has 0 saturated carbocycles. The molecule has 0 amide bonds. The second-order valence-corrected chi connectivity index (χ2v) is 4.68. The summed E-state index contributed by atoms with van der Waals surface area (Å²) < 4.78 is 34.5. The Balaban J connectivity index is 0.000000273. The molecule has 0 aromatic heterocycles. The molecule has 2 aromatic carbocycles. The molecule has 0 spiro atoms. The smallest absolute Gasteiger partial charge is 0.311 e. The van der Waals surface area contributed by atoms with Crippen LogP contribution in [-0.2, 0) is 4.74 Å². The number of nitrogens with zero attached hydrogens (tertiary/aromatic N) is 2. The Labute approximate surface area is 146 Å². The summed E-state index contributed by atoms with van der Waals surface area (Å²) >= 11 is 0. The van der Waals surface area contributed by atoms with Gasteiger partial charge in [-0.3, -0.25) is 20.2 Å². The summed E-state index contributed by atoms with van der Waals surface area (Å²) in [6.07, 6.45) is 0. The van der Waals surface area contributed by atoms with Crippen molar-refractivity contribution in [3.63, 3.8) is 0 Å². The number of anilines is 1. The van der Waals surface area contributed by atoms with E-state index >= 15 is 0 Å². The Hall–Kier alpha value is -3.34. The Morgan fingerprint density at radius 2 is 1.62 bits per heavy atom. The lowest BCUT2D eigenvalue weighted by molar-refractivity contribution is -0.387. The molecule has 0 aliphatic carbocycles. The number of hydrogen-bond donors (Lipinski definition) is 1. The van der Waals surface area contributed by atoms with Crippen LogP contribution in [0, 0.1) is 31.9 Å². The van der Waals surface area contributed by atoms with Crippen LogP contribution in [0.4, 0.5) is 25.8 Å². The maximum atomic E-state index is 12.4. The summed E-state index contributed by atoms with van der Waals surface area (Å²) in [5, 5.41) is 20.6. The van der Waals surface area contributed by atoms with Gasteiger partial charge >= 0.3 is 11.4 Å². The molecule has 0 saturated heterocycles. The minimum Gasteiger partial charge on any atom is -0.484 e. The SMILES string of the molecule is COCCOc1cc(N)ccc1[N+](=O)[O-].O=[N+]([O-])c1ccc(F)cc1F. The Morgan fingerprint density at radius 3 is 2.15 bits per heavy atom. The van der Waals surface area contributed by atoms with Gasteiger partial charge in [0.1, 0.15) is 12.4 Å². The van der Waals surface area contributed by atoms with Crippen LogP contribution >= 0.6 is 0 Å². The van der Waals surface area contributed by atoms with Crippen LogP contribution in [-0.4, -0.2) is 30.2 Å². The van der Waals surface area contributed by atoms with Crippen LogP contribution in [0.3, 0.4) is 0 Å². The fraction of sp³-hybridized carbons (Fsp3) is 0.200. The zero-order chi connectivity index (χ0) is 19.7. The summed E-state index contributed by atoms with van der Waals surface area (Å²) in [5.41, 5.74) is 5.11. The highest BCUT2D eigenvalue weighted by Gasteiger charge is 2.15. The molecule has 9 nitrogen and oxygen atoms in total. The number of ether oxygens (including phenoxy) is 2. The molecule has 0 bridgehead atoms. The molecule has 0 heterocycles. The first-order chi connectivity index (χ1) is 12.3. The van der Waals surface area contributed by atoms with Crippen LogP contribution in [0.2, 0.25) is 0 Å². The van der Waals surface area contributed by atoms with E-state index in [1.54, 1.807) is 0 Å². The molecule has 0 radical (unpaired) electrons. The zero-order valence-electron chi connectivity index (χ0n) is 13.6. The van der Waals surface area contributed by atoms with Crippen molar-refractivity contribution in [3.05, 3.63) is 68.3 Å². The molecule has 0 aliphatic rings. The van der Waals surface area contributed by atoms with E-state index in [9.17, 15) is 29.0 Å². The lowest BCUT2D eigenvalue weighted by atomic mass is 10.2. The van der Waals surface area contributed by atoms with Crippen molar-refractivity contribution in [2.45, 2.75) is 0 Å². The van der Waals surface area contributed by atoms with Crippen LogP contribution in [0.15, 0.2) is 36.4 Å². The minimum atomic E-state index is -1.16. The van der Waals surface area contributed by atoms with Crippen molar-refractivity contribution in [2.24, 2.45) is 0 Å². The quantitative estimate of drug-likeness (QED) is 0.357. The van der Waals surface area contributed by atoms with Crippen LogP contribution in [0.5, 0.6) is 5.75 Å². The number of nitrogens with two attached hydrogens (primary N) is 1. The third-order valence-electron chi connectivity index (χ3n) is 2.83. The topological polar surface area (TPSA) is 131 Å². The number of halogens is 2. The van der Waals surface area contributed by atoms with E-state index < -0.39 is 27.2 Å². The molecule has 2 rings (SSSR count). The molecule has 2 N–H and O–H groups in total. The highest BCUT2D eigenvalue weighted by molar-refractivity contribution is 5.55. The van der Waals surface area contributed by atoms with Gasteiger partial charge in [-0.1, -0.05) is 0 Å². The maximum Gasteiger partial charge on any atom is 0.311 e. The van der Waals surface area contributed by atoms with Crippen LogP contribution in [0.1, 0.15) is 0 Å². The third-order valence-corrected chi connectivity index (χ3v) is 2.83. The van der Waals surface area contributed by atoms with Crippen molar-refractivity contribution in [2.75, 3.05) is 26.1 Å². The van der Waals surface area contributed by atoms with Gasteiger partial charge in [0.2, 0.25) is 5.82 Å². The summed E-state index contributed by atoms with van der Waals surface area (Å²) in [5.74, 6) is -1.82. The first kappa shape index (κ1) is 20.7. The third kappa shape index (κ3) is 6.28. The van der Waals surface area contributed by atoms with Gasteiger partial charge in [0, 0.05) is 37.1 Å². The van der Waals surface area contributed by atoms with Crippen molar-refractivity contribution in [1.29, 1.82) is 0 Å². The normalized spacial score (nSPS) is 9.81. The monoisotopic (exact) mass is 371 g/mol. The zero-order valence-corrected chi connectivity index (χ0v) is 13.6. The van der Waals surface area contributed by atoms with Gasteiger partial charge in [-0.15, -0.1) is 0 Å². The van der Waals surface area contributed by atoms with Gasteiger partial charge < -0.3 is 15.2 Å². The van der Waals surface area contributed by atoms with Gasteiger partial charge in [0.15, 0.2) is 5.75 Å². The number of benzene rings is 2. The molecular weight excluding hydrogens is 356 g/mol. The van der Waals surface area contributed by atoms with E-state index in [1.807, 2.05) is 0 Å². The van der Waals surface area contributed by atoms with E-state index in [2.05, 4.69) is 0 Å². The number of nitro benzene ring substituents is 2. The number of hydrogen-bond acceptors (Lipinski definition) is 7. The lowest BCUT2D eigenvalue weighted by Crippen LogP contribution is -2.06. The molecule has 0 fully saturated rings. The fourth-order valence-electron chi connectivity index (χ4n) is 1.66. The van der Waals surface area contributed by atoms with E-state index in [-0.39, 0.29) is 18.0 Å². The van der Waals surface area contributed by atoms with E-state index in [1.165, 1.54) is 25.3 Å². The Bertz CT molecular complexity index is 788. The molecular formula is C15H15F2N3O6. The van der Waals surface area contributed by atoms with Gasteiger partial charge in [0.25, 0.3) is 0 Å². The summed E-state index contributed by atoms with van der Waals surface area (Å²) in [4.78, 5) is 19.2. The summed E-state index contributed by atoms with van der Waals surface area (Å²) in [6.45, 7) is 0.618. The molecule has 11 heteroatoms. The predicted molar refractivity (Wildman–Crippen MR) is 87.9 cm³/mol. The van der Waals surface area contributed by atoms with Crippen LogP contribution < -0.4 is 10.5 Å². The summed E-state index contributed by atoms with van der Waals surface area (Å²) in [6, 6.07) is 6.29. The van der Waals surface area contributed by atoms with Crippen LogP contribution in [0.25, 0.3) is 0 Å². The number of nitrogen functional groups attached to an aromatic ring is 1. The Morgan fingerprint density at radius 1 is 1.00 bits per heavy atom. The van der Waals surface area contributed by atoms with E-state index in [0.717, 1.165) is 12.1 Å². The average molecular weight is 371 g/mol. The molecule has 140 valence electrons. The van der Waals surface area contributed by atoms with Gasteiger partial charge in [-0.05, 0) is 12.1 Å². The molecule has 0 atom stereocenters. The van der Waals surface area contributed by atoms with Crippen molar-refractivity contribution in [1.82, 2.24) is 0 Å². The first-order valence-corrected chi connectivity index (χ1v) is 7.01. The fourth-order valence-corrected chi connectivity index (χ4v) is 1.66. The average Bonchev–Trinajstić information content (AvgIpc) is 2.55. The van der Waals surface area contributed by atoms with E-state index in [4.69, 9.17) is 15.2 Å². The Kier molecular flexibility index (Phi) is 7.83. The molecule has 26 heavy (non-hydrogen) atoms. The van der Waals surface area contributed by atoms with Gasteiger partial charge in [0.05, 0.1) is 16.5 Å². The second-order valence-electron chi connectivity index (χ2n) is 4.68. The molecule has 2 aromatic rings. The predicted octanol–water partition coefficient (Wildman–Crippen LogP) is 3.08. The van der Waals surface area contributed by atoms with Crippen molar-refractivity contribution >= 4 is 17.1 Å². The number of nitro groups is 2. The van der Waals surface area contributed by atoms with Crippen molar-refractivity contribution < 1.29 is 28.1 Å². The van der Waals surface area contributed by atoms with Gasteiger partial charge in [-0.2, -0.15) is 4.39 Å². The maximum absolute atomic E-state index is 12.4. The highest BCUT2D eigenvalue weighted by atomic mass is 19.1. The second kappa shape index (κ2) is 9.84.